The molecule has 0 saturated carbocycles. The lowest BCUT2D eigenvalue weighted by Crippen LogP contribution is -2.06. The molecule has 0 fully saturated rings. The van der Waals surface area contributed by atoms with Crippen molar-refractivity contribution in [3.63, 3.8) is 0 Å². The molecule has 0 aromatic rings. The van der Waals surface area contributed by atoms with Gasteiger partial charge in [0.1, 0.15) is 0 Å². The van der Waals surface area contributed by atoms with Gasteiger partial charge in [-0.1, -0.05) is 26.5 Å². The van der Waals surface area contributed by atoms with Crippen LogP contribution in [-0.4, -0.2) is 25.3 Å². The molecule has 2 heteroatoms. The molecule has 0 aromatic carbocycles. The highest BCUT2D eigenvalue weighted by molar-refractivity contribution is 5.54. The Morgan fingerprint density at radius 1 is 1.17 bits per heavy atom. The molecule has 0 aliphatic rings. The van der Waals surface area contributed by atoms with E-state index in [-0.39, 0.29) is 0 Å². The molecule has 0 spiro atoms. The van der Waals surface area contributed by atoms with Crippen LogP contribution in [0.3, 0.4) is 0 Å². The number of aliphatic imine (C=N–C) groups is 1. The zero-order valence-corrected chi connectivity index (χ0v) is 9.04. The summed E-state index contributed by atoms with van der Waals surface area (Å²) in [4.78, 5) is 5.58. The Balaban J connectivity index is -0.000000137. The number of nitrogens with zero attached hydrogens (tertiary/aromatic N) is 2. The van der Waals surface area contributed by atoms with E-state index >= 15 is 0 Å². The van der Waals surface area contributed by atoms with E-state index in [1.54, 1.807) is 12.4 Å². The fourth-order valence-corrected chi connectivity index (χ4v) is 0.180. The minimum absolute atomic E-state index is 1.50. The van der Waals surface area contributed by atoms with Crippen LogP contribution in [0.25, 0.3) is 0 Å². The summed E-state index contributed by atoms with van der Waals surface area (Å²) in [5, 5.41) is 0. The van der Waals surface area contributed by atoms with E-state index in [2.05, 4.69) is 18.2 Å². The SMILES string of the molecule is C=CC.C=CN=CN(C)C.CC. The van der Waals surface area contributed by atoms with E-state index in [4.69, 9.17) is 0 Å². The molecule has 0 radical (unpaired) electrons. The van der Waals surface area contributed by atoms with Crippen LogP contribution in [0.5, 0.6) is 0 Å². The predicted molar refractivity (Wildman–Crippen MR) is 59.6 cm³/mol. The van der Waals surface area contributed by atoms with E-state index in [9.17, 15) is 0 Å². The quantitative estimate of drug-likeness (QED) is 0.353. The predicted octanol–water partition coefficient (Wildman–Crippen LogP) is 2.94. The van der Waals surface area contributed by atoms with Gasteiger partial charge in [0, 0.05) is 20.3 Å². The van der Waals surface area contributed by atoms with Crippen molar-refractivity contribution in [2.75, 3.05) is 14.1 Å². The van der Waals surface area contributed by atoms with E-state index < -0.39 is 0 Å². The van der Waals surface area contributed by atoms with Crippen LogP contribution < -0.4 is 0 Å². The van der Waals surface area contributed by atoms with E-state index in [0.29, 0.717) is 0 Å². The van der Waals surface area contributed by atoms with Gasteiger partial charge in [-0.25, -0.2) is 4.99 Å². The Morgan fingerprint density at radius 2 is 1.50 bits per heavy atom. The Bertz CT molecular complexity index is 104. The summed E-state index contributed by atoms with van der Waals surface area (Å²) in [5.74, 6) is 0. The van der Waals surface area contributed by atoms with Crippen LogP contribution in [0.1, 0.15) is 20.8 Å². The topological polar surface area (TPSA) is 15.6 Å². The van der Waals surface area contributed by atoms with Gasteiger partial charge >= 0.3 is 0 Å². The zero-order valence-electron chi connectivity index (χ0n) is 9.04. The summed E-state index contributed by atoms with van der Waals surface area (Å²) in [7, 11) is 3.82. The van der Waals surface area contributed by atoms with Crippen molar-refractivity contribution in [1.82, 2.24) is 4.90 Å². The normalized spacial score (nSPS) is 7.08. The highest BCUT2D eigenvalue weighted by atomic mass is 15.1. The van der Waals surface area contributed by atoms with Gasteiger partial charge in [0.25, 0.3) is 0 Å². The van der Waals surface area contributed by atoms with Crippen molar-refractivity contribution >= 4 is 6.34 Å². The monoisotopic (exact) mass is 170 g/mol. The number of hydrogen-bond acceptors (Lipinski definition) is 1. The minimum Gasteiger partial charge on any atom is -0.369 e. The number of hydrogen-bond donors (Lipinski definition) is 0. The summed E-state index contributed by atoms with van der Waals surface area (Å²) >= 11 is 0. The van der Waals surface area contributed by atoms with E-state index in [1.165, 1.54) is 6.20 Å². The number of allylic oxidation sites excluding steroid dienone is 1. The molecular weight excluding hydrogens is 148 g/mol. The van der Waals surface area contributed by atoms with Crippen LogP contribution in [0.2, 0.25) is 0 Å². The first-order chi connectivity index (χ1) is 5.68. The molecule has 0 amide bonds. The standard InChI is InChI=1S/C5H10N2.C3H6.C2H6/c1-4-6-5-7(2)3;1-3-2;1-2/h4-5H,1H2,2-3H3;3H,1H2,2H3;1-2H3. The second kappa shape index (κ2) is 22.5. The molecule has 12 heavy (non-hydrogen) atoms. The first kappa shape index (κ1) is 17.2. The van der Waals surface area contributed by atoms with Crippen LogP contribution in [0.15, 0.2) is 30.4 Å². The lowest BCUT2D eigenvalue weighted by molar-refractivity contribution is 0.643. The molecule has 0 unspecified atom stereocenters. The number of rotatable bonds is 2. The molecule has 0 aliphatic heterocycles. The summed E-state index contributed by atoms with van der Waals surface area (Å²) in [6.07, 6.45) is 4.94. The van der Waals surface area contributed by atoms with Crippen molar-refractivity contribution in [2.24, 2.45) is 4.99 Å². The van der Waals surface area contributed by atoms with E-state index in [1.807, 2.05) is 39.8 Å². The molecule has 0 aromatic heterocycles. The van der Waals surface area contributed by atoms with Gasteiger partial charge in [-0.2, -0.15) is 0 Å². The third-order valence-corrected chi connectivity index (χ3v) is 0.403. The van der Waals surface area contributed by atoms with Crippen LogP contribution >= 0.6 is 0 Å². The molecule has 0 saturated heterocycles. The Morgan fingerprint density at radius 3 is 1.58 bits per heavy atom. The highest BCUT2D eigenvalue weighted by Gasteiger charge is 1.68. The fraction of sp³-hybridized carbons (Fsp3) is 0.500. The Hall–Kier alpha value is -1.05. The van der Waals surface area contributed by atoms with Gasteiger partial charge in [0.2, 0.25) is 0 Å². The van der Waals surface area contributed by atoms with E-state index in [0.717, 1.165) is 0 Å². The van der Waals surface area contributed by atoms with Gasteiger partial charge < -0.3 is 4.90 Å². The van der Waals surface area contributed by atoms with Crippen LogP contribution in [-0.2, 0) is 0 Å². The zero-order chi connectivity index (χ0) is 10.4. The summed E-state index contributed by atoms with van der Waals surface area (Å²) in [6.45, 7) is 12.7. The highest BCUT2D eigenvalue weighted by Crippen LogP contribution is 1.66. The molecule has 0 heterocycles. The van der Waals surface area contributed by atoms with Gasteiger partial charge in [0.15, 0.2) is 0 Å². The Kier molecular flexibility index (Phi) is 32.2. The first-order valence-corrected chi connectivity index (χ1v) is 4.06. The molecule has 0 N–H and O–H groups in total. The second-order valence-corrected chi connectivity index (χ2v) is 1.82. The third-order valence-electron chi connectivity index (χ3n) is 0.403. The van der Waals surface area contributed by atoms with Gasteiger partial charge in [-0.05, 0) is 6.92 Å². The molecule has 0 atom stereocenters. The summed E-state index contributed by atoms with van der Waals surface area (Å²) < 4.78 is 0. The molecular formula is C10H22N2. The molecule has 0 bridgehead atoms. The van der Waals surface area contributed by atoms with Gasteiger partial charge in [-0.3, -0.25) is 0 Å². The first-order valence-electron chi connectivity index (χ1n) is 4.06. The molecule has 0 rings (SSSR count). The third kappa shape index (κ3) is 65.0. The lowest BCUT2D eigenvalue weighted by atomic mass is 10.8. The average molecular weight is 170 g/mol. The second-order valence-electron chi connectivity index (χ2n) is 1.82. The minimum atomic E-state index is 1.50. The van der Waals surface area contributed by atoms with Crippen molar-refractivity contribution in [3.05, 3.63) is 25.4 Å². The summed E-state index contributed by atoms with van der Waals surface area (Å²) in [6, 6.07) is 0. The van der Waals surface area contributed by atoms with Gasteiger partial charge in [0.05, 0.1) is 6.34 Å². The molecule has 0 aliphatic carbocycles. The lowest BCUT2D eigenvalue weighted by Gasteiger charge is -1.98. The van der Waals surface area contributed by atoms with Gasteiger partial charge in [-0.15, -0.1) is 6.58 Å². The molecule has 72 valence electrons. The van der Waals surface area contributed by atoms with Crippen molar-refractivity contribution < 1.29 is 0 Å². The van der Waals surface area contributed by atoms with Crippen LogP contribution in [0.4, 0.5) is 0 Å². The van der Waals surface area contributed by atoms with Crippen molar-refractivity contribution in [2.45, 2.75) is 20.8 Å². The summed E-state index contributed by atoms with van der Waals surface area (Å²) in [5.41, 5.74) is 0. The Labute approximate surface area is 77.3 Å². The van der Waals surface area contributed by atoms with Crippen molar-refractivity contribution in [3.8, 4) is 0 Å². The van der Waals surface area contributed by atoms with Crippen LogP contribution in [0, 0.1) is 0 Å². The average Bonchev–Trinajstić information content (AvgIpc) is 2.06. The maximum Gasteiger partial charge on any atom is 0.0899 e. The maximum atomic E-state index is 3.74. The smallest absolute Gasteiger partial charge is 0.0899 e. The maximum absolute atomic E-state index is 3.74. The largest absolute Gasteiger partial charge is 0.369 e. The van der Waals surface area contributed by atoms with Crippen molar-refractivity contribution in [1.29, 1.82) is 0 Å². The molecule has 2 nitrogen and oxygen atoms in total. The fourth-order valence-electron chi connectivity index (χ4n) is 0.180.